The topological polar surface area (TPSA) is 54.5 Å². The van der Waals surface area contributed by atoms with Crippen molar-refractivity contribution in [3.63, 3.8) is 0 Å². The van der Waals surface area contributed by atoms with Crippen molar-refractivity contribution in [2.75, 3.05) is 0 Å². The number of hydrogen-bond donors (Lipinski definition) is 1. The number of alkyl halides is 3. The zero-order valence-electron chi connectivity index (χ0n) is 9.74. The summed E-state index contributed by atoms with van der Waals surface area (Å²) in [5.74, 6) is 0.385. The molecule has 3 aromatic rings. The highest BCUT2D eigenvalue weighted by Gasteiger charge is 2.33. The van der Waals surface area contributed by atoms with Crippen molar-refractivity contribution in [3.8, 4) is 11.4 Å². The Morgan fingerprint density at radius 1 is 1.20 bits per heavy atom. The monoisotopic (exact) mass is 298 g/mol. The Morgan fingerprint density at radius 3 is 2.65 bits per heavy atom. The first-order valence-corrected chi connectivity index (χ1v) is 5.86. The van der Waals surface area contributed by atoms with E-state index in [-0.39, 0.29) is 5.02 Å². The van der Waals surface area contributed by atoms with Crippen molar-refractivity contribution < 1.29 is 13.2 Å². The van der Waals surface area contributed by atoms with E-state index in [1.54, 1.807) is 0 Å². The quantitative estimate of drug-likeness (QED) is 0.745. The van der Waals surface area contributed by atoms with Gasteiger partial charge in [0.15, 0.2) is 5.65 Å². The Labute approximate surface area is 115 Å². The van der Waals surface area contributed by atoms with E-state index in [2.05, 4.69) is 19.9 Å². The molecular formula is C12H6ClF3N4. The summed E-state index contributed by atoms with van der Waals surface area (Å²) in [5.41, 5.74) is 0.601. The van der Waals surface area contributed by atoms with Gasteiger partial charge in [-0.1, -0.05) is 17.7 Å². The van der Waals surface area contributed by atoms with Crippen LogP contribution in [-0.2, 0) is 6.18 Å². The third kappa shape index (κ3) is 2.20. The number of fused-ring (bicyclic) bond motifs is 1. The van der Waals surface area contributed by atoms with E-state index in [0.717, 1.165) is 6.07 Å². The molecule has 1 N–H and O–H groups in total. The van der Waals surface area contributed by atoms with Gasteiger partial charge in [-0.05, 0) is 12.1 Å². The van der Waals surface area contributed by atoms with Crippen LogP contribution in [0.5, 0.6) is 0 Å². The molecule has 102 valence electrons. The Kier molecular flexibility index (Phi) is 2.86. The summed E-state index contributed by atoms with van der Waals surface area (Å²) >= 11 is 5.67. The van der Waals surface area contributed by atoms with Gasteiger partial charge in [0, 0.05) is 5.56 Å². The highest BCUT2D eigenvalue weighted by Crippen LogP contribution is 2.36. The van der Waals surface area contributed by atoms with Gasteiger partial charge in [-0.15, -0.1) is 0 Å². The van der Waals surface area contributed by atoms with Crippen molar-refractivity contribution in [3.05, 3.63) is 41.3 Å². The van der Waals surface area contributed by atoms with Gasteiger partial charge >= 0.3 is 6.18 Å². The molecule has 0 aliphatic heterocycles. The molecule has 0 amide bonds. The average Bonchev–Trinajstić information content (AvgIpc) is 2.80. The maximum absolute atomic E-state index is 12.6. The van der Waals surface area contributed by atoms with Crippen molar-refractivity contribution in [1.82, 2.24) is 19.9 Å². The number of aromatic nitrogens is 4. The van der Waals surface area contributed by atoms with Crippen LogP contribution in [0.1, 0.15) is 5.56 Å². The third-order valence-electron chi connectivity index (χ3n) is 2.71. The molecule has 2 heterocycles. The lowest BCUT2D eigenvalue weighted by Crippen LogP contribution is -2.05. The number of nitrogens with zero attached hydrogens (tertiary/aromatic N) is 3. The Balaban J connectivity index is 2.08. The predicted molar refractivity (Wildman–Crippen MR) is 67.1 cm³/mol. The molecule has 0 fully saturated rings. The number of imidazole rings is 1. The molecule has 0 radical (unpaired) electrons. The summed E-state index contributed by atoms with van der Waals surface area (Å²) in [6.45, 7) is 0. The van der Waals surface area contributed by atoms with Crippen LogP contribution in [0.3, 0.4) is 0 Å². The fourth-order valence-electron chi connectivity index (χ4n) is 1.79. The zero-order chi connectivity index (χ0) is 14.3. The lowest BCUT2D eigenvalue weighted by molar-refractivity contribution is -0.137. The molecule has 0 spiro atoms. The second-order valence-electron chi connectivity index (χ2n) is 4.04. The molecule has 0 unspecified atom stereocenters. The smallest absolute Gasteiger partial charge is 0.335 e. The molecule has 1 aromatic carbocycles. The van der Waals surface area contributed by atoms with Crippen LogP contribution >= 0.6 is 11.6 Å². The number of hydrogen-bond acceptors (Lipinski definition) is 3. The van der Waals surface area contributed by atoms with E-state index in [9.17, 15) is 13.2 Å². The molecule has 3 rings (SSSR count). The van der Waals surface area contributed by atoms with E-state index in [0.29, 0.717) is 22.6 Å². The van der Waals surface area contributed by atoms with Crippen molar-refractivity contribution in [2.24, 2.45) is 0 Å². The lowest BCUT2D eigenvalue weighted by atomic mass is 10.1. The van der Waals surface area contributed by atoms with Gasteiger partial charge in [-0.2, -0.15) is 13.2 Å². The maximum Gasteiger partial charge on any atom is 0.417 e. The summed E-state index contributed by atoms with van der Waals surface area (Å²) in [6.07, 6.45) is -1.60. The van der Waals surface area contributed by atoms with Crippen LogP contribution in [-0.4, -0.2) is 19.9 Å². The molecule has 0 saturated carbocycles. The molecule has 4 nitrogen and oxygen atoms in total. The number of rotatable bonds is 1. The largest absolute Gasteiger partial charge is 0.417 e. The van der Waals surface area contributed by atoms with Crippen LogP contribution in [0.4, 0.5) is 13.2 Å². The van der Waals surface area contributed by atoms with Gasteiger partial charge < -0.3 is 4.98 Å². The summed E-state index contributed by atoms with van der Waals surface area (Å²) in [4.78, 5) is 14.9. The van der Waals surface area contributed by atoms with Crippen molar-refractivity contribution in [2.45, 2.75) is 6.18 Å². The minimum absolute atomic E-state index is 0.374. The third-order valence-corrected chi connectivity index (χ3v) is 3.02. The number of benzene rings is 1. The van der Waals surface area contributed by atoms with Crippen molar-refractivity contribution >= 4 is 22.8 Å². The number of H-pyrrole nitrogens is 1. The van der Waals surface area contributed by atoms with Gasteiger partial charge in [-0.25, -0.2) is 15.0 Å². The van der Waals surface area contributed by atoms with Gasteiger partial charge in [0.1, 0.15) is 17.7 Å². The summed E-state index contributed by atoms with van der Waals surface area (Å²) < 4.78 is 37.9. The first kappa shape index (κ1) is 12.9. The van der Waals surface area contributed by atoms with Crippen molar-refractivity contribution in [1.29, 1.82) is 0 Å². The molecule has 0 aliphatic carbocycles. The van der Waals surface area contributed by atoms with Crippen LogP contribution in [0.2, 0.25) is 5.02 Å². The first-order valence-electron chi connectivity index (χ1n) is 5.48. The zero-order valence-corrected chi connectivity index (χ0v) is 10.5. The predicted octanol–water partition coefficient (Wildman–Crippen LogP) is 3.69. The fourth-order valence-corrected chi connectivity index (χ4v) is 2.08. The average molecular weight is 299 g/mol. The standard InChI is InChI=1S/C12H6ClF3N4/c13-8-3-6(1-2-7(8)12(14,15)16)10-19-9-4-17-5-18-11(9)20-10/h1-5H,(H,17,18,19,20). The van der Waals surface area contributed by atoms with Crippen LogP contribution < -0.4 is 0 Å². The molecule has 8 heteroatoms. The minimum atomic E-state index is -4.48. The SMILES string of the molecule is FC(F)(F)c1ccc(-c2nc3ncncc3[nH]2)cc1Cl. The fraction of sp³-hybridized carbons (Fsp3) is 0.0833. The van der Waals surface area contributed by atoms with E-state index in [1.807, 2.05) is 0 Å². The van der Waals surface area contributed by atoms with Gasteiger partial charge in [0.2, 0.25) is 0 Å². The summed E-state index contributed by atoms with van der Waals surface area (Å²) in [6, 6.07) is 3.45. The molecule has 20 heavy (non-hydrogen) atoms. The molecule has 0 bridgehead atoms. The number of aromatic amines is 1. The Morgan fingerprint density at radius 2 is 2.00 bits per heavy atom. The number of nitrogens with one attached hydrogen (secondary N) is 1. The first-order chi connectivity index (χ1) is 9.45. The van der Waals surface area contributed by atoms with E-state index >= 15 is 0 Å². The molecule has 0 aliphatic rings. The van der Waals surface area contributed by atoms with Gasteiger partial charge in [0.25, 0.3) is 0 Å². The second-order valence-corrected chi connectivity index (χ2v) is 4.45. The van der Waals surface area contributed by atoms with E-state index in [1.165, 1.54) is 24.7 Å². The minimum Gasteiger partial charge on any atom is -0.335 e. The highest BCUT2D eigenvalue weighted by atomic mass is 35.5. The van der Waals surface area contributed by atoms with E-state index in [4.69, 9.17) is 11.6 Å². The Bertz CT molecular complexity index is 749. The second kappa shape index (κ2) is 4.45. The van der Waals surface area contributed by atoms with Crippen LogP contribution in [0.25, 0.3) is 22.6 Å². The number of halogens is 4. The normalized spacial score (nSPS) is 12.0. The molecule has 0 atom stereocenters. The maximum atomic E-state index is 12.6. The molecule has 0 saturated heterocycles. The highest BCUT2D eigenvalue weighted by molar-refractivity contribution is 6.31. The van der Waals surface area contributed by atoms with Crippen LogP contribution in [0.15, 0.2) is 30.7 Å². The van der Waals surface area contributed by atoms with E-state index < -0.39 is 11.7 Å². The lowest BCUT2D eigenvalue weighted by Gasteiger charge is -2.09. The van der Waals surface area contributed by atoms with Gasteiger partial charge in [0.05, 0.1) is 16.8 Å². The van der Waals surface area contributed by atoms with Gasteiger partial charge in [-0.3, -0.25) is 0 Å². The Hall–Kier alpha value is -2.15. The summed E-state index contributed by atoms with van der Waals surface area (Å²) in [5, 5.41) is -0.374. The van der Waals surface area contributed by atoms with Crippen LogP contribution in [0, 0.1) is 0 Å². The molecule has 2 aromatic heterocycles. The summed E-state index contributed by atoms with van der Waals surface area (Å²) in [7, 11) is 0. The molecular weight excluding hydrogens is 293 g/mol.